The summed E-state index contributed by atoms with van der Waals surface area (Å²) in [7, 11) is 3.24. The Kier molecular flexibility index (Phi) is 7.93. The summed E-state index contributed by atoms with van der Waals surface area (Å²) in [6.45, 7) is 3.59. The molecule has 0 saturated carbocycles. The Morgan fingerprint density at radius 3 is 2.50 bits per heavy atom. The van der Waals surface area contributed by atoms with E-state index in [0.717, 1.165) is 0 Å². The molecule has 1 unspecified atom stereocenters. The molecule has 84 valence electrons. The van der Waals surface area contributed by atoms with Crippen LogP contribution in [-0.2, 0) is 14.3 Å². The van der Waals surface area contributed by atoms with Crippen molar-refractivity contribution in [3.63, 3.8) is 0 Å². The topological polar surface area (TPSA) is 38.8 Å². The summed E-state index contributed by atoms with van der Waals surface area (Å²) in [5.41, 5.74) is 0. The number of carbonyl (C=O) groups is 1. The maximum atomic E-state index is 11.5. The zero-order valence-electron chi connectivity index (χ0n) is 9.02. The van der Waals surface area contributed by atoms with Crippen LogP contribution in [0.15, 0.2) is 0 Å². The fourth-order valence-electron chi connectivity index (χ4n) is 1.20. The highest BCUT2D eigenvalue weighted by atomic mass is 32.1. The first-order valence-corrected chi connectivity index (χ1v) is 5.18. The normalized spacial score (nSPS) is 12.6. The van der Waals surface area contributed by atoms with Gasteiger partial charge in [0, 0.05) is 20.8 Å². The second kappa shape index (κ2) is 8.08. The molecule has 0 aliphatic rings. The number of ether oxygens (including phenoxy) is 2. The van der Waals surface area contributed by atoms with E-state index >= 15 is 0 Å². The fourth-order valence-corrected chi connectivity index (χ4v) is 1.38. The summed E-state index contributed by atoms with van der Waals surface area (Å²) in [6.07, 6.45) is 0. The molecule has 0 bridgehead atoms. The Hall–Kier alpha value is -0.260. The lowest BCUT2D eigenvalue weighted by atomic mass is 10.3. The summed E-state index contributed by atoms with van der Waals surface area (Å²) in [5, 5.41) is 0. The first kappa shape index (κ1) is 13.7. The number of rotatable bonds is 7. The minimum absolute atomic E-state index is 0.00920. The van der Waals surface area contributed by atoms with E-state index in [0.29, 0.717) is 19.8 Å². The summed E-state index contributed by atoms with van der Waals surface area (Å²) < 4.78 is 9.94. The highest BCUT2D eigenvalue weighted by Crippen LogP contribution is 2.01. The van der Waals surface area contributed by atoms with Crippen molar-refractivity contribution in [2.24, 2.45) is 0 Å². The van der Waals surface area contributed by atoms with E-state index in [9.17, 15) is 4.79 Å². The van der Waals surface area contributed by atoms with E-state index in [-0.39, 0.29) is 17.7 Å². The van der Waals surface area contributed by atoms with Crippen LogP contribution in [-0.4, -0.2) is 56.6 Å². The number of methoxy groups -OCH3 is 2. The van der Waals surface area contributed by atoms with Crippen LogP contribution in [0, 0.1) is 0 Å². The average molecular weight is 221 g/mol. The zero-order valence-corrected chi connectivity index (χ0v) is 9.92. The second-order valence-electron chi connectivity index (χ2n) is 3.04. The van der Waals surface area contributed by atoms with Crippen LogP contribution in [0.4, 0.5) is 0 Å². The molecule has 0 radical (unpaired) electrons. The van der Waals surface area contributed by atoms with E-state index in [1.54, 1.807) is 19.1 Å². The van der Waals surface area contributed by atoms with Crippen LogP contribution in [0.2, 0.25) is 0 Å². The molecule has 0 spiro atoms. The van der Waals surface area contributed by atoms with Crippen LogP contribution in [0.3, 0.4) is 0 Å². The third-order valence-electron chi connectivity index (χ3n) is 1.93. The molecule has 1 amide bonds. The van der Waals surface area contributed by atoms with Crippen LogP contribution < -0.4 is 0 Å². The lowest BCUT2D eigenvalue weighted by Crippen LogP contribution is -2.43. The molecule has 0 N–H and O–H groups in total. The van der Waals surface area contributed by atoms with Gasteiger partial charge in [0.25, 0.3) is 0 Å². The number of amides is 1. The number of hydrogen-bond acceptors (Lipinski definition) is 4. The van der Waals surface area contributed by atoms with E-state index in [1.807, 2.05) is 6.92 Å². The molecule has 0 aliphatic carbocycles. The minimum Gasteiger partial charge on any atom is -0.383 e. The summed E-state index contributed by atoms with van der Waals surface area (Å²) in [6, 6.07) is 0.0646. The monoisotopic (exact) mass is 221 g/mol. The molecule has 1 atom stereocenters. The molecule has 14 heavy (non-hydrogen) atoms. The molecule has 0 heterocycles. The lowest BCUT2D eigenvalue weighted by Gasteiger charge is -2.28. The average Bonchev–Trinajstić information content (AvgIpc) is 2.18. The Morgan fingerprint density at radius 2 is 2.07 bits per heavy atom. The molecule has 0 aromatic heterocycles. The molecule has 0 rings (SSSR count). The van der Waals surface area contributed by atoms with Crippen molar-refractivity contribution >= 4 is 18.5 Å². The predicted molar refractivity (Wildman–Crippen MR) is 58.8 cm³/mol. The van der Waals surface area contributed by atoms with Gasteiger partial charge in [-0.25, -0.2) is 0 Å². The summed E-state index contributed by atoms with van der Waals surface area (Å²) in [4.78, 5) is 13.2. The Labute approximate surface area is 91.0 Å². The SMILES string of the molecule is COCCN(C(=O)CS)C(C)COC. The summed E-state index contributed by atoms with van der Waals surface area (Å²) >= 11 is 3.97. The van der Waals surface area contributed by atoms with Gasteiger partial charge in [-0.1, -0.05) is 0 Å². The first-order chi connectivity index (χ1) is 6.67. The minimum atomic E-state index is 0.00920. The predicted octanol–water partition coefficient (Wildman–Crippen LogP) is 0.426. The number of hydrogen-bond donors (Lipinski definition) is 1. The van der Waals surface area contributed by atoms with Crippen molar-refractivity contribution in [3.8, 4) is 0 Å². The largest absolute Gasteiger partial charge is 0.383 e. The highest BCUT2D eigenvalue weighted by molar-refractivity contribution is 7.81. The molecule has 4 nitrogen and oxygen atoms in total. The standard InChI is InChI=1S/C9H19NO3S/c1-8(6-13-3)10(4-5-12-2)9(11)7-14/h8,14H,4-7H2,1-3H3. The Morgan fingerprint density at radius 1 is 1.43 bits per heavy atom. The van der Waals surface area contributed by atoms with Crippen LogP contribution in [0.1, 0.15) is 6.92 Å². The van der Waals surface area contributed by atoms with E-state index in [1.165, 1.54) is 0 Å². The van der Waals surface area contributed by atoms with Crippen molar-refractivity contribution in [2.75, 3.05) is 39.7 Å². The van der Waals surface area contributed by atoms with Crippen molar-refractivity contribution < 1.29 is 14.3 Å². The van der Waals surface area contributed by atoms with Gasteiger partial charge in [-0.2, -0.15) is 12.6 Å². The van der Waals surface area contributed by atoms with Gasteiger partial charge < -0.3 is 14.4 Å². The van der Waals surface area contributed by atoms with E-state index in [2.05, 4.69) is 12.6 Å². The summed E-state index contributed by atoms with van der Waals surface area (Å²) in [5.74, 6) is 0.229. The van der Waals surface area contributed by atoms with Crippen LogP contribution in [0.5, 0.6) is 0 Å². The van der Waals surface area contributed by atoms with Crippen molar-refractivity contribution in [1.29, 1.82) is 0 Å². The van der Waals surface area contributed by atoms with E-state index < -0.39 is 0 Å². The van der Waals surface area contributed by atoms with Gasteiger partial charge in [0.1, 0.15) is 0 Å². The first-order valence-electron chi connectivity index (χ1n) is 4.55. The number of thiol groups is 1. The van der Waals surface area contributed by atoms with Crippen molar-refractivity contribution in [1.82, 2.24) is 4.90 Å². The molecular formula is C9H19NO3S. The maximum Gasteiger partial charge on any atom is 0.232 e. The van der Waals surface area contributed by atoms with Crippen LogP contribution in [0.25, 0.3) is 0 Å². The fraction of sp³-hybridized carbons (Fsp3) is 0.889. The maximum absolute atomic E-state index is 11.5. The van der Waals surface area contributed by atoms with Crippen molar-refractivity contribution in [3.05, 3.63) is 0 Å². The van der Waals surface area contributed by atoms with Gasteiger partial charge in [0.15, 0.2) is 0 Å². The third kappa shape index (κ3) is 4.83. The smallest absolute Gasteiger partial charge is 0.232 e. The van der Waals surface area contributed by atoms with Gasteiger partial charge in [0.2, 0.25) is 5.91 Å². The van der Waals surface area contributed by atoms with E-state index in [4.69, 9.17) is 9.47 Å². The van der Waals surface area contributed by atoms with Gasteiger partial charge in [-0.05, 0) is 6.92 Å². The third-order valence-corrected chi connectivity index (χ3v) is 2.20. The zero-order chi connectivity index (χ0) is 11.0. The Balaban J connectivity index is 4.14. The molecule has 0 fully saturated rings. The number of carbonyl (C=O) groups excluding carboxylic acids is 1. The van der Waals surface area contributed by atoms with Crippen LogP contribution >= 0.6 is 12.6 Å². The second-order valence-corrected chi connectivity index (χ2v) is 3.36. The molecule has 0 aliphatic heterocycles. The quantitative estimate of drug-likeness (QED) is 0.634. The van der Waals surface area contributed by atoms with Gasteiger partial charge in [0.05, 0.1) is 25.0 Å². The van der Waals surface area contributed by atoms with Gasteiger partial charge in [-0.3, -0.25) is 4.79 Å². The molecule has 0 aromatic carbocycles. The molecule has 5 heteroatoms. The lowest BCUT2D eigenvalue weighted by molar-refractivity contribution is -0.132. The molecule has 0 saturated heterocycles. The van der Waals surface area contributed by atoms with Gasteiger partial charge in [-0.15, -0.1) is 0 Å². The van der Waals surface area contributed by atoms with Gasteiger partial charge >= 0.3 is 0 Å². The molecule has 0 aromatic rings. The number of nitrogens with zero attached hydrogens (tertiary/aromatic N) is 1. The highest BCUT2D eigenvalue weighted by Gasteiger charge is 2.17. The van der Waals surface area contributed by atoms with Crippen molar-refractivity contribution in [2.45, 2.75) is 13.0 Å². The molecular weight excluding hydrogens is 202 g/mol. The Bertz CT molecular complexity index is 166.